The zero-order valence-corrected chi connectivity index (χ0v) is 12.8. The first-order chi connectivity index (χ1) is 9.60. The Morgan fingerprint density at radius 2 is 1.65 bits per heavy atom. The van der Waals surface area contributed by atoms with Gasteiger partial charge in [0.15, 0.2) is 0 Å². The van der Waals surface area contributed by atoms with Gasteiger partial charge in [0.2, 0.25) is 0 Å². The minimum absolute atomic E-state index is 0.322. The first-order valence-corrected chi connectivity index (χ1v) is 7.69. The number of anilines is 1. The summed E-state index contributed by atoms with van der Waals surface area (Å²) >= 11 is 2.23. The predicted molar refractivity (Wildman–Crippen MR) is 82.7 cm³/mol. The number of halogens is 2. The fraction of sp³-hybridized carbons (Fsp3) is 0.143. The molecule has 0 radical (unpaired) electrons. The lowest BCUT2D eigenvalue weighted by Gasteiger charge is -2.07. The average molecular weight is 314 g/mol. The summed E-state index contributed by atoms with van der Waals surface area (Å²) < 4.78 is 26.3. The van der Waals surface area contributed by atoms with E-state index < -0.39 is 11.6 Å². The van der Waals surface area contributed by atoms with Crippen LogP contribution < -0.4 is 10.9 Å². The third kappa shape index (κ3) is 4.40. The number of benzene rings is 2. The van der Waals surface area contributed by atoms with Crippen molar-refractivity contribution in [1.29, 1.82) is 0 Å². The molecule has 2 nitrogen and oxygen atoms in total. The van der Waals surface area contributed by atoms with Crippen LogP contribution in [0.3, 0.4) is 0 Å². The normalized spacial score (nSPS) is 9.85. The van der Waals surface area contributed by atoms with E-state index in [9.17, 15) is 8.78 Å². The molecule has 2 rings (SSSR count). The molecule has 0 aliphatic rings. The molecule has 20 heavy (non-hydrogen) atoms. The maximum absolute atomic E-state index is 13.5. The third-order valence-corrected chi connectivity index (χ3v) is 3.89. The molecular weight excluding hydrogens is 298 g/mol. The molecule has 2 aromatic rings. The van der Waals surface area contributed by atoms with Crippen LogP contribution in [0.15, 0.2) is 51.1 Å². The van der Waals surface area contributed by atoms with Gasteiger partial charge in [-0.2, -0.15) is 0 Å². The second-order valence-electron chi connectivity index (χ2n) is 3.49. The Bertz CT molecular complexity index is 577. The van der Waals surface area contributed by atoms with Crippen molar-refractivity contribution < 1.29 is 8.78 Å². The van der Waals surface area contributed by atoms with Crippen LogP contribution in [0, 0.1) is 11.6 Å². The summed E-state index contributed by atoms with van der Waals surface area (Å²) in [4.78, 5) is 1.84. The Morgan fingerprint density at radius 1 is 0.950 bits per heavy atom. The lowest BCUT2D eigenvalue weighted by molar-refractivity contribution is 0.565. The van der Waals surface area contributed by atoms with E-state index in [1.165, 1.54) is 12.1 Å². The minimum Gasteiger partial charge on any atom is -0.398 e. The Kier molecular flexibility index (Phi) is 6.84. The second-order valence-corrected chi connectivity index (χ2v) is 5.29. The summed E-state index contributed by atoms with van der Waals surface area (Å²) in [6, 6.07) is 8.71. The van der Waals surface area contributed by atoms with Crippen molar-refractivity contribution in [3.05, 3.63) is 48.0 Å². The first-order valence-electron chi connectivity index (χ1n) is 5.99. The highest BCUT2D eigenvalue weighted by molar-refractivity contribution is 7.99. The van der Waals surface area contributed by atoms with E-state index in [4.69, 9.17) is 10.9 Å². The van der Waals surface area contributed by atoms with Gasteiger partial charge in [0.25, 0.3) is 0 Å². The summed E-state index contributed by atoms with van der Waals surface area (Å²) in [5.41, 5.74) is 6.33. The zero-order valence-electron chi connectivity index (χ0n) is 11.2. The zero-order chi connectivity index (χ0) is 15.1. The Morgan fingerprint density at radius 3 is 2.25 bits per heavy atom. The maximum Gasteiger partial charge on any atom is 0.140 e. The van der Waals surface area contributed by atoms with Gasteiger partial charge in [-0.15, -0.1) is 0 Å². The minimum atomic E-state index is -0.606. The molecule has 0 unspecified atom stereocenters. The molecule has 0 aliphatic heterocycles. The SMILES string of the molecule is CC.NSc1ccc(N)c(Sc2ccc(F)cc2F)c1. The maximum atomic E-state index is 13.5. The van der Waals surface area contributed by atoms with Crippen LogP contribution >= 0.6 is 23.7 Å². The van der Waals surface area contributed by atoms with Crippen molar-refractivity contribution >= 4 is 29.4 Å². The lowest BCUT2D eigenvalue weighted by atomic mass is 10.3. The average Bonchev–Trinajstić information content (AvgIpc) is 2.46. The topological polar surface area (TPSA) is 52.0 Å². The van der Waals surface area contributed by atoms with E-state index in [2.05, 4.69) is 0 Å². The molecule has 0 fully saturated rings. The van der Waals surface area contributed by atoms with Gasteiger partial charge < -0.3 is 5.73 Å². The molecule has 0 bridgehead atoms. The monoisotopic (exact) mass is 314 g/mol. The Balaban J connectivity index is 0.000000956. The van der Waals surface area contributed by atoms with Crippen LogP contribution in [0.25, 0.3) is 0 Å². The van der Waals surface area contributed by atoms with E-state index in [1.54, 1.807) is 18.2 Å². The summed E-state index contributed by atoms with van der Waals surface area (Å²) in [5.74, 6) is -1.21. The van der Waals surface area contributed by atoms with E-state index in [0.29, 0.717) is 15.5 Å². The van der Waals surface area contributed by atoms with Crippen LogP contribution in [0.1, 0.15) is 13.8 Å². The smallest absolute Gasteiger partial charge is 0.140 e. The number of hydrogen-bond donors (Lipinski definition) is 2. The number of nitrogen functional groups attached to an aromatic ring is 1. The summed E-state index contributed by atoms with van der Waals surface area (Å²) in [5, 5.41) is 5.45. The van der Waals surface area contributed by atoms with Gasteiger partial charge in [-0.05, 0) is 42.3 Å². The van der Waals surface area contributed by atoms with Crippen molar-refractivity contribution in [3.63, 3.8) is 0 Å². The van der Waals surface area contributed by atoms with Crippen LogP contribution in [-0.4, -0.2) is 0 Å². The van der Waals surface area contributed by atoms with Crippen molar-refractivity contribution in [3.8, 4) is 0 Å². The van der Waals surface area contributed by atoms with Crippen molar-refractivity contribution in [2.24, 2.45) is 5.14 Å². The highest BCUT2D eigenvalue weighted by Crippen LogP contribution is 2.35. The standard InChI is InChI=1S/C12H10F2N2S2.C2H6/c13-7-1-4-11(9(14)5-7)17-12-6-8(18-16)2-3-10(12)15;1-2/h1-6H,15-16H2;1-2H3. The number of nitrogens with two attached hydrogens (primary N) is 2. The van der Waals surface area contributed by atoms with Crippen LogP contribution in [0.4, 0.5) is 14.5 Å². The van der Waals surface area contributed by atoms with E-state index in [0.717, 1.165) is 34.7 Å². The second kappa shape index (κ2) is 8.14. The van der Waals surface area contributed by atoms with Gasteiger partial charge in [0.05, 0.1) is 0 Å². The lowest BCUT2D eigenvalue weighted by Crippen LogP contribution is -1.91. The fourth-order valence-corrected chi connectivity index (χ4v) is 2.66. The molecular formula is C14H16F2N2S2. The molecule has 0 atom stereocenters. The molecule has 0 saturated carbocycles. The van der Waals surface area contributed by atoms with E-state index >= 15 is 0 Å². The van der Waals surface area contributed by atoms with Gasteiger partial charge >= 0.3 is 0 Å². The largest absolute Gasteiger partial charge is 0.398 e. The third-order valence-electron chi connectivity index (χ3n) is 2.23. The summed E-state index contributed by atoms with van der Waals surface area (Å²) in [6.07, 6.45) is 0. The van der Waals surface area contributed by atoms with Crippen LogP contribution in [-0.2, 0) is 0 Å². The molecule has 2 aromatic carbocycles. The van der Waals surface area contributed by atoms with Crippen molar-refractivity contribution in [2.75, 3.05) is 5.73 Å². The number of rotatable bonds is 3. The quantitative estimate of drug-likeness (QED) is 0.637. The molecule has 0 aromatic heterocycles. The molecule has 0 aliphatic carbocycles. The predicted octanol–water partition coefficient (Wildman–Crippen LogP) is 4.69. The van der Waals surface area contributed by atoms with Gasteiger partial charge in [-0.25, -0.2) is 8.78 Å². The van der Waals surface area contributed by atoms with Gasteiger partial charge in [-0.1, -0.05) is 25.6 Å². The van der Waals surface area contributed by atoms with Crippen LogP contribution in [0.5, 0.6) is 0 Å². The van der Waals surface area contributed by atoms with Crippen LogP contribution in [0.2, 0.25) is 0 Å². The highest BCUT2D eigenvalue weighted by atomic mass is 32.2. The molecule has 0 saturated heterocycles. The Hall–Kier alpha value is -1.24. The number of hydrogen-bond acceptors (Lipinski definition) is 4. The molecule has 108 valence electrons. The first kappa shape index (κ1) is 16.8. The highest BCUT2D eigenvalue weighted by Gasteiger charge is 2.08. The van der Waals surface area contributed by atoms with E-state index in [-0.39, 0.29) is 0 Å². The van der Waals surface area contributed by atoms with Gasteiger partial charge in [-0.3, -0.25) is 5.14 Å². The van der Waals surface area contributed by atoms with Gasteiger partial charge in [0.1, 0.15) is 11.6 Å². The fourth-order valence-electron chi connectivity index (χ4n) is 1.35. The van der Waals surface area contributed by atoms with Crippen molar-refractivity contribution in [1.82, 2.24) is 0 Å². The molecule has 0 amide bonds. The molecule has 0 heterocycles. The summed E-state index contributed by atoms with van der Waals surface area (Å²) in [6.45, 7) is 4.00. The molecule has 0 spiro atoms. The van der Waals surface area contributed by atoms with Gasteiger partial charge in [0, 0.05) is 26.4 Å². The Labute approximate surface area is 126 Å². The molecule has 4 N–H and O–H groups in total. The summed E-state index contributed by atoms with van der Waals surface area (Å²) in [7, 11) is 0. The molecule has 6 heteroatoms. The van der Waals surface area contributed by atoms with E-state index in [1.807, 2.05) is 13.8 Å². The van der Waals surface area contributed by atoms with Crippen molar-refractivity contribution in [2.45, 2.75) is 28.5 Å².